The van der Waals surface area contributed by atoms with Gasteiger partial charge in [-0.05, 0) is 23.6 Å². The molecule has 0 unspecified atom stereocenters. The quantitative estimate of drug-likeness (QED) is 0.608. The Hall–Kier alpha value is -2.35. The lowest BCUT2D eigenvalue weighted by Crippen LogP contribution is -2.05. The Kier molecular flexibility index (Phi) is 4.14. The molecule has 0 fully saturated rings. The first kappa shape index (κ1) is 13.1. The second-order valence-electron chi connectivity index (χ2n) is 4.14. The van der Waals surface area contributed by atoms with Crippen molar-refractivity contribution in [3.63, 3.8) is 0 Å². The molecule has 19 heavy (non-hydrogen) atoms. The molecule has 2 heteroatoms. The van der Waals surface area contributed by atoms with Gasteiger partial charge in [-0.25, -0.2) is 4.79 Å². The lowest BCUT2D eigenvalue weighted by Gasteiger charge is -2.07. The Morgan fingerprint density at radius 1 is 1.00 bits per heavy atom. The van der Waals surface area contributed by atoms with Gasteiger partial charge in [-0.2, -0.15) is 0 Å². The molecule has 0 saturated heterocycles. The highest BCUT2D eigenvalue weighted by Gasteiger charge is 2.10. The molecule has 0 atom stereocenters. The third kappa shape index (κ3) is 3.10. The number of carbonyl (C=O) groups excluding carboxylic acids is 1. The molecule has 0 N–H and O–H groups in total. The summed E-state index contributed by atoms with van der Waals surface area (Å²) in [5.74, 6) is -0.366. The fourth-order valence-electron chi connectivity index (χ4n) is 1.83. The van der Waals surface area contributed by atoms with Gasteiger partial charge in [0, 0.05) is 0 Å². The molecule has 0 bridgehead atoms. The number of hydrogen-bond donors (Lipinski definition) is 0. The molecule has 2 aromatic rings. The summed E-state index contributed by atoms with van der Waals surface area (Å²) in [5.41, 5.74) is 3.44. The Labute approximate surface area is 113 Å². The van der Waals surface area contributed by atoms with E-state index in [1.807, 2.05) is 42.5 Å². The van der Waals surface area contributed by atoms with E-state index in [0.29, 0.717) is 12.2 Å². The Morgan fingerprint density at radius 3 is 2.16 bits per heavy atom. The summed E-state index contributed by atoms with van der Waals surface area (Å²) >= 11 is 0. The molecule has 96 valence electrons. The third-order valence-electron chi connectivity index (χ3n) is 2.86. The highest BCUT2D eigenvalue weighted by Crippen LogP contribution is 2.22. The SMILES string of the molecule is C=C(C(=O)OCC)c1ccc(-c2ccccc2)cc1. The van der Waals surface area contributed by atoms with Gasteiger partial charge in [0.15, 0.2) is 0 Å². The van der Waals surface area contributed by atoms with Crippen molar-refractivity contribution < 1.29 is 9.53 Å². The molecule has 0 radical (unpaired) electrons. The summed E-state index contributed by atoms with van der Waals surface area (Å²) in [6, 6.07) is 17.8. The first-order valence-electron chi connectivity index (χ1n) is 6.24. The van der Waals surface area contributed by atoms with Crippen LogP contribution in [-0.4, -0.2) is 12.6 Å². The van der Waals surface area contributed by atoms with Gasteiger partial charge < -0.3 is 4.74 Å². The van der Waals surface area contributed by atoms with Crippen LogP contribution < -0.4 is 0 Å². The van der Waals surface area contributed by atoms with Crippen molar-refractivity contribution in [3.8, 4) is 11.1 Å². The van der Waals surface area contributed by atoms with Gasteiger partial charge >= 0.3 is 5.97 Å². The van der Waals surface area contributed by atoms with Gasteiger partial charge in [0.1, 0.15) is 0 Å². The van der Waals surface area contributed by atoms with Crippen molar-refractivity contribution in [1.82, 2.24) is 0 Å². The Bertz CT molecular complexity index is 568. The van der Waals surface area contributed by atoms with Crippen LogP contribution in [0.1, 0.15) is 12.5 Å². The van der Waals surface area contributed by atoms with Gasteiger partial charge in [0.2, 0.25) is 0 Å². The van der Waals surface area contributed by atoms with E-state index in [1.54, 1.807) is 6.92 Å². The van der Waals surface area contributed by atoms with Crippen LogP contribution in [0.5, 0.6) is 0 Å². The average Bonchev–Trinajstić information content (AvgIpc) is 2.48. The van der Waals surface area contributed by atoms with Crippen LogP contribution >= 0.6 is 0 Å². The lowest BCUT2D eigenvalue weighted by atomic mass is 10.0. The van der Waals surface area contributed by atoms with Crippen LogP contribution in [0, 0.1) is 0 Å². The molecule has 0 saturated carbocycles. The summed E-state index contributed by atoms with van der Waals surface area (Å²) in [5, 5.41) is 0. The van der Waals surface area contributed by atoms with Crippen molar-refractivity contribution in [3.05, 3.63) is 66.7 Å². The van der Waals surface area contributed by atoms with E-state index in [4.69, 9.17) is 4.74 Å². The minimum absolute atomic E-state index is 0.361. The summed E-state index contributed by atoms with van der Waals surface area (Å²) in [4.78, 5) is 11.6. The Balaban J connectivity index is 2.19. The maximum absolute atomic E-state index is 11.6. The average molecular weight is 252 g/mol. The first-order valence-corrected chi connectivity index (χ1v) is 6.24. The maximum Gasteiger partial charge on any atom is 0.338 e. The van der Waals surface area contributed by atoms with Crippen LogP contribution in [0.3, 0.4) is 0 Å². The van der Waals surface area contributed by atoms with Crippen molar-refractivity contribution in [2.75, 3.05) is 6.61 Å². The number of rotatable bonds is 4. The van der Waals surface area contributed by atoms with E-state index in [1.165, 1.54) is 0 Å². The van der Waals surface area contributed by atoms with Gasteiger partial charge in [-0.1, -0.05) is 61.2 Å². The minimum Gasteiger partial charge on any atom is -0.462 e. The van der Waals surface area contributed by atoms with Gasteiger partial charge in [-0.15, -0.1) is 0 Å². The van der Waals surface area contributed by atoms with E-state index in [9.17, 15) is 4.79 Å². The first-order chi connectivity index (χ1) is 9.22. The number of carbonyl (C=O) groups is 1. The molecule has 0 aliphatic carbocycles. The van der Waals surface area contributed by atoms with Crippen LogP contribution in [0.2, 0.25) is 0 Å². The van der Waals surface area contributed by atoms with Crippen molar-refractivity contribution >= 4 is 11.5 Å². The Morgan fingerprint density at radius 2 is 1.58 bits per heavy atom. The highest BCUT2D eigenvalue weighted by atomic mass is 16.5. The molecule has 0 spiro atoms. The molecule has 2 rings (SSSR count). The van der Waals surface area contributed by atoms with Crippen LogP contribution in [0.25, 0.3) is 16.7 Å². The van der Waals surface area contributed by atoms with Crippen molar-refractivity contribution in [2.45, 2.75) is 6.92 Å². The summed E-state index contributed by atoms with van der Waals surface area (Å²) in [7, 11) is 0. The number of esters is 1. The minimum atomic E-state index is -0.366. The number of benzene rings is 2. The van der Waals surface area contributed by atoms with Crippen LogP contribution in [-0.2, 0) is 9.53 Å². The van der Waals surface area contributed by atoms with Crippen LogP contribution in [0.15, 0.2) is 61.2 Å². The fourth-order valence-corrected chi connectivity index (χ4v) is 1.83. The smallest absolute Gasteiger partial charge is 0.338 e. The summed E-state index contributed by atoms with van der Waals surface area (Å²) in [6.45, 7) is 5.91. The van der Waals surface area contributed by atoms with Gasteiger partial charge in [0.05, 0.1) is 12.2 Å². The second kappa shape index (κ2) is 6.01. The van der Waals surface area contributed by atoms with Crippen LogP contribution in [0.4, 0.5) is 0 Å². The predicted molar refractivity (Wildman–Crippen MR) is 77.5 cm³/mol. The molecule has 2 nitrogen and oxygen atoms in total. The zero-order valence-corrected chi connectivity index (χ0v) is 10.9. The summed E-state index contributed by atoms with van der Waals surface area (Å²) < 4.78 is 4.93. The van der Waals surface area contributed by atoms with Gasteiger partial charge in [0.25, 0.3) is 0 Å². The normalized spacial score (nSPS) is 9.95. The van der Waals surface area contributed by atoms with E-state index in [2.05, 4.69) is 18.7 Å². The van der Waals surface area contributed by atoms with Crippen molar-refractivity contribution in [1.29, 1.82) is 0 Å². The van der Waals surface area contributed by atoms with Gasteiger partial charge in [-0.3, -0.25) is 0 Å². The molecular weight excluding hydrogens is 236 g/mol. The molecule has 0 aliphatic rings. The zero-order valence-electron chi connectivity index (χ0n) is 10.9. The summed E-state index contributed by atoms with van der Waals surface area (Å²) in [6.07, 6.45) is 0. The van der Waals surface area contributed by atoms with E-state index >= 15 is 0 Å². The number of hydrogen-bond acceptors (Lipinski definition) is 2. The number of ether oxygens (including phenoxy) is 1. The molecule has 2 aromatic carbocycles. The molecule has 0 aromatic heterocycles. The topological polar surface area (TPSA) is 26.3 Å². The molecule has 0 aliphatic heterocycles. The fraction of sp³-hybridized carbons (Fsp3) is 0.118. The third-order valence-corrected chi connectivity index (χ3v) is 2.86. The molecule has 0 amide bonds. The van der Waals surface area contributed by atoms with E-state index < -0.39 is 0 Å². The van der Waals surface area contributed by atoms with E-state index in [0.717, 1.165) is 16.7 Å². The largest absolute Gasteiger partial charge is 0.462 e. The van der Waals surface area contributed by atoms with E-state index in [-0.39, 0.29) is 5.97 Å². The predicted octanol–water partition coefficient (Wildman–Crippen LogP) is 3.93. The maximum atomic E-state index is 11.6. The molecular formula is C17H16O2. The standard InChI is InChI=1S/C17H16O2/c1-3-19-17(18)13(2)14-9-11-16(12-10-14)15-7-5-4-6-8-15/h4-12H,2-3H2,1H3. The van der Waals surface area contributed by atoms with Crippen molar-refractivity contribution in [2.24, 2.45) is 0 Å². The zero-order chi connectivity index (χ0) is 13.7. The highest BCUT2D eigenvalue weighted by molar-refractivity contribution is 6.15. The monoisotopic (exact) mass is 252 g/mol. The molecule has 0 heterocycles. The lowest BCUT2D eigenvalue weighted by molar-refractivity contribution is -0.136. The second-order valence-corrected chi connectivity index (χ2v) is 4.14.